The molecule has 16 heteroatoms. The van der Waals surface area contributed by atoms with E-state index in [4.69, 9.17) is 5.73 Å². The Morgan fingerprint density at radius 2 is 1.47 bits per heavy atom. The van der Waals surface area contributed by atoms with Crippen LogP contribution in [0.5, 0.6) is 0 Å². The topological polar surface area (TPSA) is 208 Å². The van der Waals surface area contributed by atoms with Crippen molar-refractivity contribution in [3.8, 4) is 0 Å². The first-order valence-electron chi connectivity index (χ1n) is 11.0. The normalized spacial score (nSPS) is 12.3. The zero-order chi connectivity index (χ0) is 28.3. The molecule has 0 saturated heterocycles. The number of nitro groups is 1. The number of benzene rings is 3. The molecular weight excluding hydrogens is 558 g/mol. The Bertz CT molecular complexity index is 1690. The van der Waals surface area contributed by atoms with Crippen LogP contribution in [0.3, 0.4) is 0 Å². The molecule has 13 nitrogen and oxygen atoms in total. The summed E-state index contributed by atoms with van der Waals surface area (Å²) in [5, 5.41) is 14.3. The summed E-state index contributed by atoms with van der Waals surface area (Å²) >= 11 is 0. The Morgan fingerprint density at radius 1 is 0.842 bits per heavy atom. The van der Waals surface area contributed by atoms with E-state index in [1.165, 1.54) is 36.4 Å². The Kier molecular flexibility index (Phi) is 8.42. The first-order chi connectivity index (χ1) is 17.7. The molecule has 0 spiro atoms. The molecule has 5 N–H and O–H groups in total. The van der Waals surface area contributed by atoms with Crippen LogP contribution in [-0.4, -0.2) is 36.7 Å². The summed E-state index contributed by atoms with van der Waals surface area (Å²) in [5.74, 6) is 0. The van der Waals surface area contributed by atoms with Gasteiger partial charge in [-0.15, -0.1) is 4.13 Å². The molecule has 0 fully saturated rings. The number of nitrogen functional groups attached to an aromatic ring is 1. The van der Waals surface area contributed by atoms with Gasteiger partial charge in [-0.2, -0.15) is 0 Å². The van der Waals surface area contributed by atoms with E-state index in [2.05, 4.69) is 10.0 Å². The molecule has 0 saturated carbocycles. The third kappa shape index (κ3) is 6.65. The highest BCUT2D eigenvalue weighted by Gasteiger charge is 2.27. The van der Waals surface area contributed by atoms with Crippen LogP contribution in [0.15, 0.2) is 75.4 Å². The van der Waals surface area contributed by atoms with Gasteiger partial charge in [-0.05, 0) is 55.8 Å². The molecular formula is C22H25N5O8S3. The first kappa shape index (κ1) is 29.0. The maximum atomic E-state index is 13.0. The lowest BCUT2D eigenvalue weighted by Gasteiger charge is -2.13. The van der Waals surface area contributed by atoms with E-state index in [9.17, 15) is 35.4 Å². The average molecular weight is 584 g/mol. The van der Waals surface area contributed by atoms with E-state index in [1.807, 2.05) is 0 Å². The highest BCUT2D eigenvalue weighted by Crippen LogP contribution is 2.32. The van der Waals surface area contributed by atoms with Crippen molar-refractivity contribution in [2.75, 3.05) is 17.6 Å². The Morgan fingerprint density at radius 3 is 2.08 bits per heavy atom. The van der Waals surface area contributed by atoms with Crippen molar-refractivity contribution in [3.63, 3.8) is 0 Å². The van der Waals surface area contributed by atoms with Crippen LogP contribution in [0.1, 0.15) is 18.9 Å². The zero-order valence-corrected chi connectivity index (χ0v) is 22.7. The molecule has 204 valence electrons. The second kappa shape index (κ2) is 11.0. The fraction of sp³-hybridized carbons (Fsp3) is 0.182. The van der Waals surface area contributed by atoms with Crippen molar-refractivity contribution in [1.82, 2.24) is 8.85 Å². The lowest BCUT2D eigenvalue weighted by Crippen LogP contribution is -2.31. The molecule has 0 bridgehead atoms. The quantitative estimate of drug-likeness (QED) is 0.147. The highest BCUT2D eigenvalue weighted by molar-refractivity contribution is 8.04. The van der Waals surface area contributed by atoms with Gasteiger partial charge in [-0.1, -0.05) is 24.6 Å². The monoisotopic (exact) mass is 583 g/mol. The van der Waals surface area contributed by atoms with Crippen LogP contribution >= 0.6 is 0 Å². The summed E-state index contributed by atoms with van der Waals surface area (Å²) < 4.78 is 79.9. The molecule has 3 aromatic rings. The Labute approximate surface area is 220 Å². The number of nitrogens with one attached hydrogen (secondary N) is 3. The van der Waals surface area contributed by atoms with Crippen LogP contribution in [0.2, 0.25) is 0 Å². The van der Waals surface area contributed by atoms with E-state index < -0.39 is 45.6 Å². The number of nitrogens with zero attached hydrogens (tertiary/aromatic N) is 1. The van der Waals surface area contributed by atoms with Gasteiger partial charge in [0.05, 0.1) is 20.4 Å². The number of hydrogen-bond acceptors (Lipinski definition) is 10. The van der Waals surface area contributed by atoms with Crippen LogP contribution in [0.25, 0.3) is 0 Å². The van der Waals surface area contributed by atoms with Crippen LogP contribution in [0.4, 0.5) is 22.7 Å². The van der Waals surface area contributed by atoms with Gasteiger partial charge in [0.1, 0.15) is 10.6 Å². The van der Waals surface area contributed by atoms with Crippen LogP contribution in [0, 0.1) is 17.0 Å². The van der Waals surface area contributed by atoms with E-state index in [-0.39, 0.29) is 33.4 Å². The predicted molar refractivity (Wildman–Crippen MR) is 141 cm³/mol. The lowest BCUT2D eigenvalue weighted by atomic mass is 10.2. The van der Waals surface area contributed by atoms with Crippen LogP contribution in [-0.2, 0) is 30.1 Å². The minimum absolute atomic E-state index is 0.00937. The SMILES string of the molecule is CCCNS(=O)(=O)c1ccc(Nc2ccc(N)c(S(=O)(=O)NS(=O)(=O)c3ccc(C)cc3)c2)c([N+](=O)[O-])c1. The van der Waals surface area contributed by atoms with Crippen molar-refractivity contribution in [2.45, 2.75) is 35.0 Å². The molecule has 0 aliphatic rings. The minimum atomic E-state index is -4.71. The van der Waals surface area contributed by atoms with Crippen molar-refractivity contribution >= 4 is 52.8 Å². The fourth-order valence-corrected chi connectivity index (χ4v) is 7.42. The summed E-state index contributed by atoms with van der Waals surface area (Å²) in [4.78, 5) is 9.66. The van der Waals surface area contributed by atoms with E-state index in [1.54, 1.807) is 18.0 Å². The number of sulfonamides is 3. The van der Waals surface area contributed by atoms with Crippen molar-refractivity contribution in [2.24, 2.45) is 0 Å². The zero-order valence-electron chi connectivity index (χ0n) is 20.2. The van der Waals surface area contributed by atoms with E-state index in [0.717, 1.165) is 29.8 Å². The van der Waals surface area contributed by atoms with Crippen LogP contribution < -0.4 is 19.9 Å². The van der Waals surface area contributed by atoms with Gasteiger partial charge in [0, 0.05) is 18.3 Å². The largest absolute Gasteiger partial charge is 0.398 e. The Balaban J connectivity index is 1.96. The number of hydrogen-bond donors (Lipinski definition) is 4. The van der Waals surface area contributed by atoms with E-state index in [0.29, 0.717) is 6.42 Å². The molecule has 3 aromatic carbocycles. The third-order valence-electron chi connectivity index (χ3n) is 5.15. The molecule has 0 heterocycles. The molecule has 0 aliphatic carbocycles. The molecule has 0 amide bonds. The predicted octanol–water partition coefficient (Wildman–Crippen LogP) is 2.58. The molecule has 0 unspecified atom stereocenters. The maximum absolute atomic E-state index is 13.0. The molecule has 0 aliphatic heterocycles. The number of nitrogens with two attached hydrogens (primary N) is 1. The number of rotatable bonds is 11. The lowest BCUT2D eigenvalue weighted by molar-refractivity contribution is -0.384. The number of aryl methyl sites for hydroxylation is 1. The fourth-order valence-electron chi connectivity index (χ4n) is 3.21. The molecule has 0 atom stereocenters. The summed E-state index contributed by atoms with van der Waals surface area (Å²) in [6.45, 7) is 3.64. The van der Waals surface area contributed by atoms with Crippen molar-refractivity contribution in [3.05, 3.63) is 76.3 Å². The van der Waals surface area contributed by atoms with Crippen molar-refractivity contribution in [1.29, 1.82) is 0 Å². The van der Waals surface area contributed by atoms with Crippen molar-refractivity contribution < 1.29 is 30.2 Å². The van der Waals surface area contributed by atoms with Gasteiger partial charge >= 0.3 is 0 Å². The minimum Gasteiger partial charge on any atom is -0.398 e. The molecule has 3 rings (SSSR count). The maximum Gasteiger partial charge on any atom is 0.294 e. The second-order valence-electron chi connectivity index (χ2n) is 8.11. The van der Waals surface area contributed by atoms with E-state index >= 15 is 0 Å². The third-order valence-corrected chi connectivity index (χ3v) is 10.2. The van der Waals surface area contributed by atoms with Gasteiger partial charge in [0.25, 0.3) is 25.7 Å². The smallest absolute Gasteiger partial charge is 0.294 e. The summed E-state index contributed by atoms with van der Waals surface area (Å²) in [6, 6.07) is 12.2. The molecule has 38 heavy (non-hydrogen) atoms. The summed E-state index contributed by atoms with van der Waals surface area (Å²) in [6.07, 6.45) is 0.518. The van der Waals surface area contributed by atoms with Gasteiger partial charge in [0.15, 0.2) is 0 Å². The van der Waals surface area contributed by atoms with Gasteiger partial charge < -0.3 is 11.1 Å². The second-order valence-corrected chi connectivity index (χ2v) is 13.5. The summed E-state index contributed by atoms with van der Waals surface area (Å²) in [7, 11) is -13.2. The number of nitro benzene ring substituents is 1. The van der Waals surface area contributed by atoms with Gasteiger partial charge in [-0.25, -0.2) is 30.0 Å². The summed E-state index contributed by atoms with van der Waals surface area (Å²) in [5.41, 5.74) is 5.58. The Hall–Kier alpha value is -3.57. The first-order valence-corrected chi connectivity index (χ1v) is 15.4. The molecule has 0 aromatic heterocycles. The highest BCUT2D eigenvalue weighted by atomic mass is 32.3. The average Bonchev–Trinajstić information content (AvgIpc) is 2.83. The molecule has 0 radical (unpaired) electrons. The number of anilines is 3. The van der Waals surface area contributed by atoms with Gasteiger partial charge in [0.2, 0.25) is 10.0 Å². The standard InChI is InChI=1S/C22H25N5O8S3/c1-3-12-24-36(30,31)18-9-11-20(21(14-18)27(28)29)25-16-6-10-19(23)22(13-16)38(34,35)26-37(32,33)17-7-4-15(2)5-8-17/h4-11,13-14,24-26H,3,12,23H2,1-2H3. The van der Waals surface area contributed by atoms with Gasteiger partial charge in [-0.3, -0.25) is 10.1 Å².